The van der Waals surface area contributed by atoms with Gasteiger partial charge < -0.3 is 15.6 Å². The summed E-state index contributed by atoms with van der Waals surface area (Å²) in [6.45, 7) is 3.09. The molecule has 0 fully saturated rings. The number of benzene rings is 1. The van der Waals surface area contributed by atoms with Gasteiger partial charge in [-0.15, -0.1) is 0 Å². The van der Waals surface area contributed by atoms with Gasteiger partial charge in [-0.2, -0.15) is 5.10 Å². The lowest BCUT2D eigenvalue weighted by Gasteiger charge is -2.16. The number of nitrogens with one attached hydrogen (secondary N) is 3. The highest BCUT2D eigenvalue weighted by Crippen LogP contribution is 2.20. The molecule has 3 heterocycles. The van der Waals surface area contributed by atoms with Gasteiger partial charge in [0.15, 0.2) is 0 Å². The van der Waals surface area contributed by atoms with Gasteiger partial charge in [-0.05, 0) is 18.2 Å². The van der Waals surface area contributed by atoms with Crippen molar-refractivity contribution >= 4 is 32.7 Å². The summed E-state index contributed by atoms with van der Waals surface area (Å²) in [5.41, 5.74) is 3.72. The molecule has 0 saturated heterocycles. The molecule has 0 spiro atoms. The maximum atomic E-state index is 12.4. The predicted molar refractivity (Wildman–Crippen MR) is 91.1 cm³/mol. The van der Waals surface area contributed by atoms with Gasteiger partial charge in [0.05, 0.1) is 18.4 Å². The van der Waals surface area contributed by atoms with Crippen LogP contribution in [0.3, 0.4) is 0 Å². The first-order chi connectivity index (χ1) is 11.2. The van der Waals surface area contributed by atoms with Gasteiger partial charge >= 0.3 is 0 Å². The fourth-order valence-corrected chi connectivity index (χ4v) is 3.24. The van der Waals surface area contributed by atoms with E-state index < -0.39 is 0 Å². The van der Waals surface area contributed by atoms with E-state index in [-0.39, 0.29) is 5.91 Å². The zero-order chi connectivity index (χ0) is 15.8. The Balaban J connectivity index is 1.50. The van der Waals surface area contributed by atoms with Crippen LogP contribution in [-0.4, -0.2) is 27.2 Å². The first-order valence-electron chi connectivity index (χ1n) is 7.51. The van der Waals surface area contributed by atoms with Crippen molar-refractivity contribution in [1.82, 2.24) is 25.4 Å². The van der Waals surface area contributed by atoms with Crippen molar-refractivity contribution in [2.45, 2.75) is 19.6 Å². The minimum Gasteiger partial charge on any atom is -0.350 e. The number of aromatic amines is 1. The molecule has 1 amide bonds. The summed E-state index contributed by atoms with van der Waals surface area (Å²) in [5, 5.41) is 11.7. The number of fused-ring (bicyclic) bond motifs is 2. The molecule has 0 bridgehead atoms. The number of hydrogen-bond donors (Lipinski definition) is 3. The molecule has 23 heavy (non-hydrogen) atoms. The first kappa shape index (κ1) is 14.5. The van der Waals surface area contributed by atoms with Crippen LogP contribution in [0.2, 0.25) is 0 Å². The van der Waals surface area contributed by atoms with Crippen LogP contribution in [0.5, 0.6) is 0 Å². The van der Waals surface area contributed by atoms with E-state index in [2.05, 4.69) is 36.6 Å². The summed E-state index contributed by atoms with van der Waals surface area (Å²) in [4.78, 5) is 15.5. The lowest BCUT2D eigenvalue weighted by atomic mass is 10.2. The SMILES string of the molecule is O=C(NCc1cnn2c1CNCC2)c1cc2ccc(Br)cc2[nH]1. The molecule has 4 rings (SSSR count). The van der Waals surface area contributed by atoms with Crippen molar-refractivity contribution < 1.29 is 4.79 Å². The van der Waals surface area contributed by atoms with Crippen molar-refractivity contribution in [3.05, 3.63) is 51.9 Å². The highest BCUT2D eigenvalue weighted by Gasteiger charge is 2.15. The van der Waals surface area contributed by atoms with Gasteiger partial charge in [-0.25, -0.2) is 0 Å². The van der Waals surface area contributed by atoms with Crippen molar-refractivity contribution in [3.63, 3.8) is 0 Å². The molecule has 7 heteroatoms. The Morgan fingerprint density at radius 1 is 1.39 bits per heavy atom. The number of hydrogen-bond acceptors (Lipinski definition) is 3. The molecular weight excluding hydrogens is 358 g/mol. The molecule has 0 unspecified atom stereocenters. The average molecular weight is 374 g/mol. The maximum Gasteiger partial charge on any atom is 0.267 e. The highest BCUT2D eigenvalue weighted by molar-refractivity contribution is 9.10. The minimum atomic E-state index is -0.110. The molecule has 118 valence electrons. The number of aromatic nitrogens is 3. The molecule has 0 atom stereocenters. The third kappa shape index (κ3) is 2.77. The largest absolute Gasteiger partial charge is 0.350 e. The lowest BCUT2D eigenvalue weighted by molar-refractivity contribution is 0.0946. The summed E-state index contributed by atoms with van der Waals surface area (Å²) in [7, 11) is 0. The Kier molecular flexibility index (Phi) is 3.66. The highest BCUT2D eigenvalue weighted by atomic mass is 79.9. The molecule has 0 radical (unpaired) electrons. The normalized spacial score (nSPS) is 14.0. The third-order valence-electron chi connectivity index (χ3n) is 4.10. The second-order valence-electron chi connectivity index (χ2n) is 5.61. The van der Waals surface area contributed by atoms with Crippen molar-refractivity contribution in [2.75, 3.05) is 6.54 Å². The van der Waals surface area contributed by atoms with Crippen LogP contribution in [0.1, 0.15) is 21.7 Å². The fraction of sp³-hybridized carbons (Fsp3) is 0.250. The summed E-state index contributed by atoms with van der Waals surface area (Å²) in [5.74, 6) is -0.110. The van der Waals surface area contributed by atoms with Crippen LogP contribution in [0, 0.1) is 0 Å². The van der Waals surface area contributed by atoms with Crippen molar-refractivity contribution in [1.29, 1.82) is 0 Å². The first-order valence-corrected chi connectivity index (χ1v) is 8.31. The number of halogens is 1. The van der Waals surface area contributed by atoms with E-state index in [1.807, 2.05) is 35.1 Å². The second kappa shape index (κ2) is 5.82. The van der Waals surface area contributed by atoms with E-state index in [1.165, 1.54) is 0 Å². The second-order valence-corrected chi connectivity index (χ2v) is 6.53. The summed E-state index contributed by atoms with van der Waals surface area (Å²) in [6.07, 6.45) is 1.84. The molecule has 6 nitrogen and oxygen atoms in total. The van der Waals surface area contributed by atoms with E-state index in [4.69, 9.17) is 0 Å². The molecule has 3 aromatic rings. The molecule has 1 aromatic carbocycles. The Labute approximate surface area is 141 Å². The number of nitrogens with zero attached hydrogens (tertiary/aromatic N) is 2. The van der Waals surface area contributed by atoms with E-state index in [1.54, 1.807) is 0 Å². The fourth-order valence-electron chi connectivity index (χ4n) is 2.88. The van der Waals surface area contributed by atoms with E-state index in [0.29, 0.717) is 12.2 Å². The van der Waals surface area contributed by atoms with Crippen LogP contribution in [0.4, 0.5) is 0 Å². The molecule has 2 aromatic heterocycles. The molecule has 3 N–H and O–H groups in total. The quantitative estimate of drug-likeness (QED) is 0.658. The number of amides is 1. The Morgan fingerprint density at radius 3 is 3.22 bits per heavy atom. The molecule has 0 aliphatic carbocycles. The van der Waals surface area contributed by atoms with Crippen LogP contribution in [-0.2, 0) is 19.6 Å². The zero-order valence-corrected chi connectivity index (χ0v) is 14.0. The van der Waals surface area contributed by atoms with Crippen LogP contribution < -0.4 is 10.6 Å². The maximum absolute atomic E-state index is 12.4. The van der Waals surface area contributed by atoms with Gasteiger partial charge in [-0.3, -0.25) is 9.48 Å². The van der Waals surface area contributed by atoms with Gasteiger partial charge in [0.2, 0.25) is 0 Å². The topological polar surface area (TPSA) is 74.7 Å². The van der Waals surface area contributed by atoms with Gasteiger partial charge in [0.1, 0.15) is 5.69 Å². The number of rotatable bonds is 3. The van der Waals surface area contributed by atoms with Gasteiger partial charge in [0.25, 0.3) is 5.91 Å². The van der Waals surface area contributed by atoms with Crippen molar-refractivity contribution in [3.8, 4) is 0 Å². The minimum absolute atomic E-state index is 0.110. The molecule has 1 aliphatic heterocycles. The van der Waals surface area contributed by atoms with E-state index in [0.717, 1.165) is 46.3 Å². The Morgan fingerprint density at radius 2 is 2.30 bits per heavy atom. The summed E-state index contributed by atoms with van der Waals surface area (Å²) >= 11 is 3.43. The molecule has 0 saturated carbocycles. The average Bonchev–Trinajstić information content (AvgIpc) is 3.16. The predicted octanol–water partition coefficient (Wildman–Crippen LogP) is 2.16. The van der Waals surface area contributed by atoms with E-state index in [9.17, 15) is 4.79 Å². The monoisotopic (exact) mass is 373 g/mol. The summed E-state index contributed by atoms with van der Waals surface area (Å²) < 4.78 is 2.98. The molecule has 1 aliphatic rings. The van der Waals surface area contributed by atoms with Gasteiger partial charge in [0, 0.05) is 40.6 Å². The molecular formula is C16H16BrN5O. The number of carbonyl (C=O) groups is 1. The Hall–Kier alpha value is -2.12. The van der Waals surface area contributed by atoms with Crippen LogP contribution >= 0.6 is 15.9 Å². The van der Waals surface area contributed by atoms with Gasteiger partial charge in [-0.1, -0.05) is 22.0 Å². The van der Waals surface area contributed by atoms with E-state index >= 15 is 0 Å². The number of H-pyrrole nitrogens is 1. The smallest absolute Gasteiger partial charge is 0.267 e. The standard InChI is InChI=1S/C16H16BrN5O/c17-12-2-1-10-5-14(21-13(10)6-12)16(23)19-7-11-8-20-22-4-3-18-9-15(11)22/h1-2,5-6,8,18,21H,3-4,7,9H2,(H,19,23). The Bertz CT molecular complexity index is 882. The van der Waals surface area contributed by atoms with Crippen molar-refractivity contribution in [2.24, 2.45) is 0 Å². The number of carbonyl (C=O) groups excluding carboxylic acids is 1. The van der Waals surface area contributed by atoms with Crippen LogP contribution in [0.25, 0.3) is 10.9 Å². The van der Waals surface area contributed by atoms with Crippen LogP contribution in [0.15, 0.2) is 34.9 Å². The third-order valence-corrected chi connectivity index (χ3v) is 4.59. The zero-order valence-electron chi connectivity index (χ0n) is 12.4. The lowest BCUT2D eigenvalue weighted by Crippen LogP contribution is -2.30. The summed E-state index contributed by atoms with van der Waals surface area (Å²) in [6, 6.07) is 7.77.